The van der Waals surface area contributed by atoms with Gasteiger partial charge >= 0.3 is 13.7 Å². The molecule has 0 aromatic rings. The molecule has 1 unspecified atom stereocenters. The fourth-order valence-electron chi connectivity index (χ4n) is 1.10. The fourth-order valence-corrected chi connectivity index (χ4v) is 2.19. The second-order valence-electron chi connectivity index (χ2n) is 3.55. The van der Waals surface area contributed by atoms with Crippen LogP contribution < -0.4 is 5.32 Å². The first-order valence-electron chi connectivity index (χ1n) is 5.88. The van der Waals surface area contributed by atoms with Crippen LogP contribution >= 0.6 is 7.60 Å². The number of alkyl carbamates (subject to hydrolysis) is 1. The molecule has 6 nitrogen and oxygen atoms in total. The average molecular weight is 267 g/mol. The highest BCUT2D eigenvalue weighted by molar-refractivity contribution is 7.52. The summed E-state index contributed by atoms with van der Waals surface area (Å²) in [5, 5.41) is 2.51. The molecule has 1 amide bonds. The van der Waals surface area contributed by atoms with Crippen molar-refractivity contribution in [2.75, 3.05) is 25.9 Å². The van der Waals surface area contributed by atoms with Crippen LogP contribution in [0.4, 0.5) is 4.79 Å². The zero-order valence-corrected chi connectivity index (χ0v) is 11.4. The molecule has 0 aromatic carbocycles. The van der Waals surface area contributed by atoms with Crippen molar-refractivity contribution >= 4 is 13.7 Å². The minimum Gasteiger partial charge on any atom is -0.450 e. The van der Waals surface area contributed by atoms with Gasteiger partial charge in [0.15, 0.2) is 0 Å². The SMILES string of the molecule is CCCCOC(=O)NCCCP(=O)(O)OCC. The van der Waals surface area contributed by atoms with E-state index in [9.17, 15) is 14.3 Å². The van der Waals surface area contributed by atoms with Crippen LogP contribution in [0.5, 0.6) is 0 Å². The number of carbonyl (C=O) groups is 1. The largest absolute Gasteiger partial charge is 0.450 e. The molecule has 0 aliphatic rings. The zero-order chi connectivity index (χ0) is 13.1. The summed E-state index contributed by atoms with van der Waals surface area (Å²) in [6.45, 7) is 4.59. The molecular formula is C10H22NO5P. The molecule has 0 rings (SSSR count). The molecule has 0 saturated heterocycles. The molecule has 102 valence electrons. The smallest absolute Gasteiger partial charge is 0.407 e. The van der Waals surface area contributed by atoms with E-state index in [4.69, 9.17) is 4.74 Å². The maximum Gasteiger partial charge on any atom is 0.407 e. The number of unbranched alkanes of at least 4 members (excludes halogenated alkanes) is 1. The van der Waals surface area contributed by atoms with E-state index in [0.29, 0.717) is 19.6 Å². The number of carbonyl (C=O) groups excluding carboxylic acids is 1. The number of rotatable bonds is 9. The van der Waals surface area contributed by atoms with Crippen LogP contribution in [-0.4, -0.2) is 36.9 Å². The van der Waals surface area contributed by atoms with E-state index in [1.807, 2.05) is 6.92 Å². The summed E-state index contributed by atoms with van der Waals surface area (Å²) in [6, 6.07) is 0. The van der Waals surface area contributed by atoms with E-state index >= 15 is 0 Å². The molecule has 2 N–H and O–H groups in total. The molecule has 1 atom stereocenters. The molecule has 0 aromatic heterocycles. The van der Waals surface area contributed by atoms with Gasteiger partial charge in [-0.25, -0.2) is 4.79 Å². The van der Waals surface area contributed by atoms with Crippen LogP contribution in [-0.2, 0) is 13.8 Å². The van der Waals surface area contributed by atoms with Crippen LogP contribution in [0.2, 0.25) is 0 Å². The van der Waals surface area contributed by atoms with Crippen molar-refractivity contribution in [2.45, 2.75) is 33.1 Å². The van der Waals surface area contributed by atoms with E-state index in [0.717, 1.165) is 12.8 Å². The molecule has 0 radical (unpaired) electrons. The Balaban J connectivity index is 3.50. The standard InChI is InChI=1S/C10H22NO5P/c1-3-5-8-15-10(12)11-7-6-9-17(13,14)16-4-2/h3-9H2,1-2H3,(H,11,12)(H,13,14). The normalized spacial score (nSPS) is 14.1. The Labute approximate surface area is 102 Å². The number of amides is 1. The first kappa shape index (κ1) is 16.4. The van der Waals surface area contributed by atoms with E-state index in [-0.39, 0.29) is 12.8 Å². The third kappa shape index (κ3) is 10.3. The fraction of sp³-hybridized carbons (Fsp3) is 0.900. The molecule has 0 aliphatic heterocycles. The average Bonchev–Trinajstić information content (AvgIpc) is 2.25. The summed E-state index contributed by atoms with van der Waals surface area (Å²) in [5.41, 5.74) is 0. The van der Waals surface area contributed by atoms with Crippen LogP contribution in [0.25, 0.3) is 0 Å². The minimum atomic E-state index is -3.47. The molecule has 0 aliphatic carbocycles. The first-order valence-corrected chi connectivity index (χ1v) is 7.65. The first-order chi connectivity index (χ1) is 8.02. The Kier molecular flexibility index (Phi) is 9.13. The summed E-state index contributed by atoms with van der Waals surface area (Å²) in [6.07, 6.45) is 1.74. The summed E-state index contributed by atoms with van der Waals surface area (Å²) in [4.78, 5) is 20.3. The van der Waals surface area contributed by atoms with Gasteiger partial charge in [0.1, 0.15) is 0 Å². The molecule has 0 spiro atoms. The topological polar surface area (TPSA) is 84.9 Å². The van der Waals surface area contributed by atoms with E-state index in [2.05, 4.69) is 9.84 Å². The van der Waals surface area contributed by atoms with Crippen molar-refractivity contribution < 1.29 is 23.5 Å². The van der Waals surface area contributed by atoms with Gasteiger partial charge in [0.25, 0.3) is 0 Å². The third-order valence-corrected chi connectivity index (χ3v) is 3.49. The van der Waals surface area contributed by atoms with E-state index < -0.39 is 13.7 Å². The Morgan fingerprint density at radius 1 is 1.35 bits per heavy atom. The van der Waals surface area contributed by atoms with Gasteiger partial charge in [0.05, 0.1) is 19.4 Å². The van der Waals surface area contributed by atoms with E-state index in [1.165, 1.54) is 0 Å². The van der Waals surface area contributed by atoms with Crippen molar-refractivity contribution in [3.8, 4) is 0 Å². The van der Waals surface area contributed by atoms with Crippen LogP contribution in [0.15, 0.2) is 0 Å². The lowest BCUT2D eigenvalue weighted by Crippen LogP contribution is -2.26. The van der Waals surface area contributed by atoms with Gasteiger partial charge in [-0.05, 0) is 19.8 Å². The molecule has 0 bridgehead atoms. The zero-order valence-electron chi connectivity index (χ0n) is 10.5. The highest BCUT2D eigenvalue weighted by atomic mass is 31.2. The second-order valence-corrected chi connectivity index (χ2v) is 5.53. The highest BCUT2D eigenvalue weighted by Gasteiger charge is 2.17. The van der Waals surface area contributed by atoms with Gasteiger partial charge in [-0.2, -0.15) is 0 Å². The highest BCUT2D eigenvalue weighted by Crippen LogP contribution is 2.41. The predicted octanol–water partition coefficient (Wildman–Crippen LogP) is 2.12. The Bertz CT molecular complexity index is 259. The van der Waals surface area contributed by atoms with Gasteiger partial charge in [-0.3, -0.25) is 4.57 Å². The molecule has 0 fully saturated rings. The quantitative estimate of drug-likeness (QED) is 0.493. The minimum absolute atomic E-state index is 0.0378. The van der Waals surface area contributed by atoms with Gasteiger partial charge in [-0.1, -0.05) is 13.3 Å². The summed E-state index contributed by atoms with van der Waals surface area (Å²) in [7, 11) is -3.47. The molecule has 7 heteroatoms. The maximum absolute atomic E-state index is 11.3. The lowest BCUT2D eigenvalue weighted by atomic mass is 10.4. The van der Waals surface area contributed by atoms with E-state index in [1.54, 1.807) is 6.92 Å². The third-order valence-electron chi connectivity index (χ3n) is 1.95. The number of hydrogen-bond donors (Lipinski definition) is 2. The lowest BCUT2D eigenvalue weighted by Gasteiger charge is -2.10. The van der Waals surface area contributed by atoms with Crippen LogP contribution in [0, 0.1) is 0 Å². The van der Waals surface area contributed by atoms with Crippen molar-refractivity contribution in [1.29, 1.82) is 0 Å². The molecule has 17 heavy (non-hydrogen) atoms. The van der Waals surface area contributed by atoms with Gasteiger partial charge in [-0.15, -0.1) is 0 Å². The van der Waals surface area contributed by atoms with Crippen molar-refractivity contribution in [2.24, 2.45) is 0 Å². The number of ether oxygens (including phenoxy) is 1. The number of hydrogen-bond acceptors (Lipinski definition) is 4. The maximum atomic E-state index is 11.3. The summed E-state index contributed by atoms with van der Waals surface area (Å²) < 4.78 is 20.8. The predicted molar refractivity (Wildman–Crippen MR) is 65.2 cm³/mol. The molecule has 0 saturated carbocycles. The Morgan fingerprint density at radius 2 is 2.06 bits per heavy atom. The monoisotopic (exact) mass is 267 g/mol. The van der Waals surface area contributed by atoms with Crippen molar-refractivity contribution in [3.63, 3.8) is 0 Å². The summed E-state index contributed by atoms with van der Waals surface area (Å²) in [5.74, 6) is 0. The Hall–Kier alpha value is -0.580. The van der Waals surface area contributed by atoms with Crippen LogP contribution in [0.1, 0.15) is 33.1 Å². The molecule has 0 heterocycles. The van der Waals surface area contributed by atoms with Gasteiger partial charge < -0.3 is 19.5 Å². The van der Waals surface area contributed by atoms with Gasteiger partial charge in [0.2, 0.25) is 0 Å². The van der Waals surface area contributed by atoms with Crippen LogP contribution in [0.3, 0.4) is 0 Å². The number of nitrogens with one attached hydrogen (secondary N) is 1. The second kappa shape index (κ2) is 9.45. The lowest BCUT2D eigenvalue weighted by molar-refractivity contribution is 0.144. The Morgan fingerprint density at radius 3 is 2.65 bits per heavy atom. The van der Waals surface area contributed by atoms with Gasteiger partial charge in [0, 0.05) is 6.54 Å². The van der Waals surface area contributed by atoms with Crippen molar-refractivity contribution in [3.05, 3.63) is 0 Å². The van der Waals surface area contributed by atoms with Crippen molar-refractivity contribution in [1.82, 2.24) is 5.32 Å². The molecular weight excluding hydrogens is 245 g/mol. The summed E-state index contributed by atoms with van der Waals surface area (Å²) >= 11 is 0.